The predicted octanol–water partition coefficient (Wildman–Crippen LogP) is 1.76. The van der Waals surface area contributed by atoms with Crippen LogP contribution < -0.4 is 10.1 Å². The molecule has 0 aliphatic carbocycles. The summed E-state index contributed by atoms with van der Waals surface area (Å²) in [5.74, 6) is -0.319. The van der Waals surface area contributed by atoms with E-state index in [1.807, 2.05) is 12.1 Å². The van der Waals surface area contributed by atoms with Gasteiger partial charge in [0, 0.05) is 30.3 Å². The number of aromatic nitrogens is 3. The van der Waals surface area contributed by atoms with Crippen molar-refractivity contribution < 1.29 is 39.5 Å². The topological polar surface area (TPSA) is 179 Å². The van der Waals surface area contributed by atoms with Gasteiger partial charge in [0.15, 0.2) is 6.23 Å². The van der Waals surface area contributed by atoms with Crippen molar-refractivity contribution in [2.45, 2.75) is 50.7 Å². The summed E-state index contributed by atoms with van der Waals surface area (Å²) in [4.78, 5) is 24.1. The molecule has 4 atom stereocenters. The lowest BCUT2D eigenvalue weighted by Gasteiger charge is -2.34. The third-order valence-electron chi connectivity index (χ3n) is 6.93. The molecule has 1 aromatic heterocycles. The van der Waals surface area contributed by atoms with Gasteiger partial charge in [-0.3, -0.25) is 14.5 Å². The molecule has 2 saturated heterocycles. The highest BCUT2D eigenvalue weighted by Crippen LogP contribution is 2.26. The zero-order chi connectivity index (χ0) is 30.1. The van der Waals surface area contributed by atoms with Gasteiger partial charge in [-0.05, 0) is 62.3 Å². The van der Waals surface area contributed by atoms with Crippen LogP contribution in [0.4, 0.5) is 5.69 Å². The maximum absolute atomic E-state index is 12.7. The second kappa shape index (κ2) is 14.8. The highest BCUT2D eigenvalue weighted by atomic mass is 16.5. The summed E-state index contributed by atoms with van der Waals surface area (Å²) < 4.78 is 12.6. The van der Waals surface area contributed by atoms with Crippen molar-refractivity contribution in [3.8, 4) is 17.0 Å². The van der Waals surface area contributed by atoms with E-state index in [2.05, 4.69) is 20.5 Å². The second-order valence-corrected chi connectivity index (χ2v) is 10.2. The number of nitrogens with zero attached hydrogens (tertiary/aromatic N) is 4. The van der Waals surface area contributed by atoms with E-state index in [0.29, 0.717) is 23.6 Å². The minimum atomic E-state index is -1.34. The Bertz CT molecular complexity index is 1290. The molecule has 0 bridgehead atoms. The number of hydrogen-bond donors (Lipinski definition) is 5. The van der Waals surface area contributed by atoms with Gasteiger partial charge >= 0.3 is 0 Å². The maximum Gasteiger partial charge on any atom is 0.300 e. The Kier molecular flexibility index (Phi) is 11.0. The largest absolute Gasteiger partial charge is 0.492 e. The second-order valence-electron chi connectivity index (χ2n) is 10.2. The van der Waals surface area contributed by atoms with Gasteiger partial charge in [0.1, 0.15) is 36.4 Å². The average Bonchev–Trinajstić information content (AvgIpc) is 3.47. The molecule has 13 nitrogen and oxygen atoms in total. The van der Waals surface area contributed by atoms with Gasteiger partial charge in [-0.15, -0.1) is 5.10 Å². The van der Waals surface area contributed by atoms with Gasteiger partial charge in [-0.1, -0.05) is 23.8 Å². The summed E-state index contributed by atoms with van der Waals surface area (Å²) in [6.45, 7) is 4.78. The normalized spacial score (nSPS) is 22.5. The van der Waals surface area contributed by atoms with E-state index in [4.69, 9.17) is 19.4 Å². The molecule has 5 N–H and O–H groups in total. The molecule has 0 unspecified atom stereocenters. The fraction of sp³-hybridized carbons (Fsp3) is 0.448. The van der Waals surface area contributed by atoms with Gasteiger partial charge in [-0.2, -0.15) is 0 Å². The lowest BCUT2D eigenvalue weighted by atomic mass is 10.0. The van der Waals surface area contributed by atoms with Crippen LogP contribution >= 0.6 is 0 Å². The number of piperidine rings is 1. The monoisotopic (exact) mass is 583 g/mol. The molecule has 2 aliphatic rings. The standard InChI is InChI=1S/C27H33N5O6.C2H4O2/c33-23-17-38-27(25(35)24(23)34)32-16-22(29-30-32)18-4-8-20(9-5-18)28-26(36)19-6-10-21(11-7-19)37-15-14-31-12-2-1-3-13-31;1-2(3)4/h4-11,16,23-25,27,33-35H,1-3,12-15,17H2,(H,28,36);1H3,(H,3,4)/t23-,24+,25-,27-;/m1./s1. The van der Waals surface area contributed by atoms with Crippen LogP contribution in [0, 0.1) is 0 Å². The number of carbonyl (C=O) groups excluding carboxylic acids is 1. The number of anilines is 1. The Morgan fingerprint density at radius 2 is 1.67 bits per heavy atom. The van der Waals surface area contributed by atoms with E-state index < -0.39 is 30.5 Å². The Morgan fingerprint density at radius 1 is 1.00 bits per heavy atom. The number of rotatable bonds is 8. The molecule has 5 rings (SSSR count). The van der Waals surface area contributed by atoms with Crippen molar-refractivity contribution in [1.29, 1.82) is 0 Å². The third kappa shape index (κ3) is 8.57. The molecule has 226 valence electrons. The quantitative estimate of drug-likeness (QED) is 0.261. The molecule has 13 heteroatoms. The molecule has 2 aromatic carbocycles. The first kappa shape index (κ1) is 31.1. The van der Waals surface area contributed by atoms with Gasteiger partial charge in [0.25, 0.3) is 11.9 Å². The van der Waals surface area contributed by atoms with Crippen LogP contribution in [0.3, 0.4) is 0 Å². The zero-order valence-electron chi connectivity index (χ0n) is 23.4. The minimum Gasteiger partial charge on any atom is -0.492 e. The number of benzene rings is 2. The van der Waals surface area contributed by atoms with E-state index in [-0.39, 0.29) is 12.5 Å². The van der Waals surface area contributed by atoms with Crippen molar-refractivity contribution in [3.05, 3.63) is 60.3 Å². The Hall–Kier alpha value is -3.88. The Balaban J connectivity index is 0.000000952. The Morgan fingerprint density at radius 3 is 2.33 bits per heavy atom. The number of hydrogen-bond acceptors (Lipinski definition) is 10. The number of likely N-dealkylation sites (tertiary alicyclic amines) is 1. The van der Waals surface area contributed by atoms with E-state index >= 15 is 0 Å². The number of carbonyl (C=O) groups is 2. The van der Waals surface area contributed by atoms with Crippen molar-refractivity contribution in [2.24, 2.45) is 0 Å². The summed E-state index contributed by atoms with van der Waals surface area (Å²) in [6.07, 6.45) is 0.619. The predicted molar refractivity (Wildman–Crippen MR) is 152 cm³/mol. The first-order valence-electron chi connectivity index (χ1n) is 13.9. The molecule has 0 spiro atoms. The fourth-order valence-electron chi connectivity index (χ4n) is 4.66. The molecule has 2 fully saturated rings. The third-order valence-corrected chi connectivity index (χ3v) is 6.93. The number of nitrogens with one attached hydrogen (secondary N) is 1. The van der Waals surface area contributed by atoms with E-state index in [1.54, 1.807) is 42.6 Å². The van der Waals surface area contributed by atoms with Crippen LogP contribution in [-0.4, -0.2) is 103 Å². The average molecular weight is 584 g/mol. The Labute approximate surface area is 243 Å². The van der Waals surface area contributed by atoms with E-state index in [1.165, 1.54) is 23.9 Å². The number of amides is 1. The number of aliphatic carboxylic acids is 1. The van der Waals surface area contributed by atoms with Crippen LogP contribution in [0.15, 0.2) is 54.7 Å². The highest BCUT2D eigenvalue weighted by molar-refractivity contribution is 6.04. The minimum absolute atomic E-state index is 0.124. The van der Waals surface area contributed by atoms with Crippen LogP contribution in [0.2, 0.25) is 0 Å². The number of ether oxygens (including phenoxy) is 2. The summed E-state index contributed by atoms with van der Waals surface area (Å²) >= 11 is 0. The SMILES string of the molecule is CC(=O)O.O=C(Nc1ccc(-c2cn([C@@H]3OC[C@@H](O)[C@H](O)[C@H]3O)nn2)cc1)c1ccc(OCCN2CCCCC2)cc1. The van der Waals surface area contributed by atoms with E-state index in [9.17, 15) is 20.1 Å². The molecular formula is C29H37N5O8. The van der Waals surface area contributed by atoms with Crippen molar-refractivity contribution in [3.63, 3.8) is 0 Å². The summed E-state index contributed by atoms with van der Waals surface area (Å²) in [5.41, 5.74) is 2.41. The lowest BCUT2D eigenvalue weighted by Crippen LogP contribution is -2.50. The molecule has 1 amide bonds. The molecule has 3 aromatic rings. The van der Waals surface area contributed by atoms with Crippen molar-refractivity contribution in [2.75, 3.05) is 38.2 Å². The van der Waals surface area contributed by atoms with Gasteiger partial charge in [0.2, 0.25) is 0 Å². The smallest absolute Gasteiger partial charge is 0.300 e. The molecule has 3 heterocycles. The summed E-state index contributed by atoms with van der Waals surface area (Å²) in [7, 11) is 0. The van der Waals surface area contributed by atoms with Crippen LogP contribution in [-0.2, 0) is 9.53 Å². The molecule has 0 radical (unpaired) electrons. The summed E-state index contributed by atoms with van der Waals surface area (Å²) in [6, 6.07) is 14.2. The van der Waals surface area contributed by atoms with Crippen LogP contribution in [0.25, 0.3) is 11.3 Å². The number of aliphatic hydroxyl groups is 3. The summed E-state index contributed by atoms with van der Waals surface area (Å²) in [5, 5.41) is 48.1. The van der Waals surface area contributed by atoms with Crippen LogP contribution in [0.5, 0.6) is 5.75 Å². The van der Waals surface area contributed by atoms with Crippen molar-refractivity contribution >= 4 is 17.6 Å². The first-order valence-corrected chi connectivity index (χ1v) is 13.9. The lowest BCUT2D eigenvalue weighted by molar-refractivity contribution is -0.214. The van der Waals surface area contributed by atoms with Crippen molar-refractivity contribution in [1.82, 2.24) is 19.9 Å². The maximum atomic E-state index is 12.7. The van der Waals surface area contributed by atoms with Gasteiger partial charge < -0.3 is 35.2 Å². The van der Waals surface area contributed by atoms with Gasteiger partial charge in [0.05, 0.1) is 12.8 Å². The molecule has 42 heavy (non-hydrogen) atoms. The zero-order valence-corrected chi connectivity index (χ0v) is 23.4. The molecule has 2 aliphatic heterocycles. The number of aliphatic hydroxyl groups excluding tert-OH is 3. The number of carboxylic acids is 1. The van der Waals surface area contributed by atoms with Crippen LogP contribution in [0.1, 0.15) is 42.8 Å². The fourth-order valence-corrected chi connectivity index (χ4v) is 4.66. The highest BCUT2D eigenvalue weighted by Gasteiger charge is 2.39. The number of carboxylic acid groups (broad SMARTS) is 1. The van der Waals surface area contributed by atoms with Gasteiger partial charge in [-0.25, -0.2) is 4.68 Å². The van der Waals surface area contributed by atoms with E-state index in [0.717, 1.165) is 37.9 Å². The first-order chi connectivity index (χ1) is 20.2. The molecule has 0 saturated carbocycles. The molecular weight excluding hydrogens is 546 g/mol.